The van der Waals surface area contributed by atoms with Gasteiger partial charge in [0.15, 0.2) is 0 Å². The first-order chi connectivity index (χ1) is 9.22. The monoisotopic (exact) mass is 312 g/mol. The molecule has 2 aromatic rings. The number of alkyl halides is 2. The van der Waals surface area contributed by atoms with Gasteiger partial charge in [-0.25, -0.2) is 0 Å². The highest BCUT2D eigenvalue weighted by Gasteiger charge is 2.31. The molecule has 0 bridgehead atoms. The Morgan fingerprint density at radius 1 is 1.11 bits per heavy atom. The summed E-state index contributed by atoms with van der Waals surface area (Å²) in [5, 5.41) is 4.32. The van der Waals surface area contributed by atoms with Gasteiger partial charge < -0.3 is 0 Å². The fourth-order valence-corrected chi connectivity index (χ4v) is 3.98. The summed E-state index contributed by atoms with van der Waals surface area (Å²) in [6.45, 7) is 2.13. The molecule has 0 aliphatic heterocycles. The molecule has 0 unspecified atom stereocenters. The molecule has 1 aromatic heterocycles. The molecule has 0 aliphatic rings. The average molecular weight is 313 g/mol. The second-order valence-electron chi connectivity index (χ2n) is 4.99. The van der Waals surface area contributed by atoms with Crippen molar-refractivity contribution >= 4 is 34.5 Å². The van der Waals surface area contributed by atoms with Crippen molar-refractivity contribution in [3.63, 3.8) is 0 Å². The average Bonchev–Trinajstić information content (AvgIpc) is 2.95. The highest BCUT2D eigenvalue weighted by molar-refractivity contribution is 7.07. The van der Waals surface area contributed by atoms with Gasteiger partial charge in [0.1, 0.15) is 0 Å². The molecule has 19 heavy (non-hydrogen) atoms. The summed E-state index contributed by atoms with van der Waals surface area (Å²) >= 11 is 14.3. The van der Waals surface area contributed by atoms with Gasteiger partial charge in [-0.05, 0) is 53.3 Å². The SMILES string of the molecule is Cc1ccccc1C(CCl)(CCl)CCc1ccsc1. The van der Waals surface area contributed by atoms with Gasteiger partial charge in [0.2, 0.25) is 0 Å². The molecule has 0 aliphatic carbocycles. The molecule has 0 fully saturated rings. The first-order valence-electron chi connectivity index (χ1n) is 6.41. The lowest BCUT2D eigenvalue weighted by Gasteiger charge is -2.31. The fourth-order valence-electron chi connectivity index (χ4n) is 2.43. The van der Waals surface area contributed by atoms with Crippen molar-refractivity contribution in [2.45, 2.75) is 25.2 Å². The molecule has 0 spiro atoms. The summed E-state index contributed by atoms with van der Waals surface area (Å²) in [6.07, 6.45) is 2.01. The molecule has 1 heterocycles. The van der Waals surface area contributed by atoms with Crippen LogP contribution in [0.3, 0.4) is 0 Å². The lowest BCUT2D eigenvalue weighted by Crippen LogP contribution is -2.32. The maximum atomic E-state index is 6.29. The van der Waals surface area contributed by atoms with E-state index in [9.17, 15) is 0 Å². The van der Waals surface area contributed by atoms with Crippen LogP contribution in [0.4, 0.5) is 0 Å². The van der Waals surface area contributed by atoms with Crippen molar-refractivity contribution in [2.75, 3.05) is 11.8 Å². The third kappa shape index (κ3) is 3.34. The van der Waals surface area contributed by atoms with Gasteiger partial charge in [0.25, 0.3) is 0 Å². The predicted molar refractivity (Wildman–Crippen MR) is 86.9 cm³/mol. The summed E-state index contributed by atoms with van der Waals surface area (Å²) in [5.41, 5.74) is 3.80. The summed E-state index contributed by atoms with van der Waals surface area (Å²) in [6, 6.07) is 10.6. The second-order valence-corrected chi connectivity index (χ2v) is 6.31. The van der Waals surface area contributed by atoms with Crippen molar-refractivity contribution in [2.24, 2.45) is 0 Å². The fraction of sp³-hybridized carbons (Fsp3) is 0.375. The lowest BCUT2D eigenvalue weighted by molar-refractivity contribution is 0.490. The van der Waals surface area contributed by atoms with Crippen LogP contribution in [0.15, 0.2) is 41.1 Å². The maximum Gasteiger partial charge on any atom is 0.0332 e. The minimum atomic E-state index is -0.129. The van der Waals surface area contributed by atoms with Crippen LogP contribution in [0.5, 0.6) is 0 Å². The molecule has 0 atom stereocenters. The highest BCUT2D eigenvalue weighted by atomic mass is 35.5. The van der Waals surface area contributed by atoms with Gasteiger partial charge >= 0.3 is 0 Å². The molecule has 0 nitrogen and oxygen atoms in total. The third-order valence-electron chi connectivity index (χ3n) is 3.70. The Labute approximate surface area is 129 Å². The van der Waals surface area contributed by atoms with E-state index >= 15 is 0 Å². The van der Waals surface area contributed by atoms with E-state index in [4.69, 9.17) is 23.2 Å². The van der Waals surface area contributed by atoms with E-state index in [1.54, 1.807) is 11.3 Å². The van der Waals surface area contributed by atoms with Gasteiger partial charge in [-0.1, -0.05) is 24.3 Å². The summed E-state index contributed by atoms with van der Waals surface area (Å²) in [4.78, 5) is 0. The zero-order valence-electron chi connectivity index (χ0n) is 11.0. The smallest absolute Gasteiger partial charge is 0.0332 e. The largest absolute Gasteiger partial charge is 0.152 e. The number of thiophene rings is 1. The molecule has 3 heteroatoms. The minimum absolute atomic E-state index is 0.129. The molecule has 0 saturated heterocycles. The van der Waals surface area contributed by atoms with Crippen LogP contribution < -0.4 is 0 Å². The van der Waals surface area contributed by atoms with Crippen LogP contribution in [-0.4, -0.2) is 11.8 Å². The van der Waals surface area contributed by atoms with Gasteiger partial charge in [-0.3, -0.25) is 0 Å². The molecule has 0 N–H and O–H groups in total. The molecule has 0 radical (unpaired) electrons. The number of rotatable bonds is 6. The van der Waals surface area contributed by atoms with E-state index in [1.165, 1.54) is 16.7 Å². The maximum absolute atomic E-state index is 6.29. The van der Waals surface area contributed by atoms with E-state index < -0.39 is 0 Å². The molecule has 1 aromatic carbocycles. The molecule has 0 saturated carbocycles. The lowest BCUT2D eigenvalue weighted by atomic mass is 9.77. The molecular weight excluding hydrogens is 295 g/mol. The Morgan fingerprint density at radius 2 is 1.84 bits per heavy atom. The second kappa shape index (κ2) is 6.78. The van der Waals surface area contributed by atoms with Crippen LogP contribution in [0, 0.1) is 6.92 Å². The zero-order chi connectivity index (χ0) is 13.7. The number of hydrogen-bond donors (Lipinski definition) is 0. The van der Waals surface area contributed by atoms with E-state index in [0.717, 1.165) is 12.8 Å². The molecule has 102 valence electrons. The van der Waals surface area contributed by atoms with Crippen LogP contribution >= 0.6 is 34.5 Å². The van der Waals surface area contributed by atoms with Crippen molar-refractivity contribution in [3.05, 3.63) is 57.8 Å². The van der Waals surface area contributed by atoms with E-state index in [0.29, 0.717) is 11.8 Å². The van der Waals surface area contributed by atoms with Crippen molar-refractivity contribution in [1.82, 2.24) is 0 Å². The number of halogens is 2. The first kappa shape index (κ1) is 14.9. The Morgan fingerprint density at radius 3 is 2.42 bits per heavy atom. The first-order valence-corrected chi connectivity index (χ1v) is 8.42. The zero-order valence-corrected chi connectivity index (χ0v) is 13.4. The number of hydrogen-bond acceptors (Lipinski definition) is 1. The van der Waals surface area contributed by atoms with E-state index in [2.05, 4.69) is 48.0 Å². The minimum Gasteiger partial charge on any atom is -0.152 e. The van der Waals surface area contributed by atoms with Gasteiger partial charge in [-0.15, -0.1) is 23.2 Å². The Hall–Kier alpha value is -0.500. The van der Waals surface area contributed by atoms with Crippen molar-refractivity contribution < 1.29 is 0 Å². The number of aryl methyl sites for hydroxylation is 2. The molecular formula is C16H18Cl2S. The van der Waals surface area contributed by atoms with Crippen LogP contribution in [0.25, 0.3) is 0 Å². The van der Waals surface area contributed by atoms with Gasteiger partial charge in [0, 0.05) is 17.2 Å². The Balaban J connectivity index is 2.24. The normalized spacial score (nSPS) is 11.7. The van der Waals surface area contributed by atoms with Gasteiger partial charge in [-0.2, -0.15) is 11.3 Å². The number of benzene rings is 1. The van der Waals surface area contributed by atoms with E-state index in [1.807, 2.05) is 0 Å². The van der Waals surface area contributed by atoms with Crippen molar-refractivity contribution in [3.8, 4) is 0 Å². The Kier molecular flexibility index (Phi) is 5.32. The van der Waals surface area contributed by atoms with E-state index in [-0.39, 0.29) is 5.41 Å². The standard InChI is InChI=1S/C16H18Cl2S/c1-13-4-2-3-5-15(13)16(11-17,12-18)8-6-14-7-9-19-10-14/h2-5,7,9-10H,6,8,11-12H2,1H3. The van der Waals surface area contributed by atoms with Crippen LogP contribution in [0.1, 0.15) is 23.1 Å². The molecule has 0 amide bonds. The summed E-state index contributed by atoms with van der Waals surface area (Å²) < 4.78 is 0. The third-order valence-corrected chi connectivity index (χ3v) is 5.46. The van der Waals surface area contributed by atoms with Crippen molar-refractivity contribution in [1.29, 1.82) is 0 Å². The quantitative estimate of drug-likeness (QED) is 0.626. The topological polar surface area (TPSA) is 0 Å². The highest BCUT2D eigenvalue weighted by Crippen LogP contribution is 2.34. The summed E-state index contributed by atoms with van der Waals surface area (Å²) in [7, 11) is 0. The Bertz CT molecular complexity index is 501. The van der Waals surface area contributed by atoms with Gasteiger partial charge in [0.05, 0.1) is 0 Å². The predicted octanol–water partition coefficient (Wildman–Crippen LogP) is 5.40. The molecule has 2 rings (SSSR count). The summed E-state index contributed by atoms with van der Waals surface area (Å²) in [5.74, 6) is 1.12. The van der Waals surface area contributed by atoms with Crippen LogP contribution in [-0.2, 0) is 11.8 Å². The van der Waals surface area contributed by atoms with Crippen LogP contribution in [0.2, 0.25) is 0 Å².